The zero-order valence-corrected chi connectivity index (χ0v) is 12.1. The number of rotatable bonds is 4. The maximum absolute atomic E-state index is 14.0. The second-order valence-corrected chi connectivity index (χ2v) is 6.17. The van der Waals surface area contributed by atoms with Crippen LogP contribution in [0.3, 0.4) is 0 Å². The van der Waals surface area contributed by atoms with E-state index in [9.17, 15) is 4.39 Å². The summed E-state index contributed by atoms with van der Waals surface area (Å²) in [5, 5.41) is 11.0. The molecule has 0 aliphatic carbocycles. The Morgan fingerprint density at radius 3 is 2.94 bits per heavy atom. The van der Waals surface area contributed by atoms with Crippen molar-refractivity contribution in [2.24, 2.45) is 0 Å². The molecule has 96 valence electrons. The number of hydrogen-bond acceptors (Lipinski definition) is 4. The van der Waals surface area contributed by atoms with Crippen molar-refractivity contribution in [1.82, 2.24) is 4.98 Å². The molecule has 0 saturated heterocycles. The molecular weight excluding hydrogens is 319 g/mol. The molecule has 2 heterocycles. The topological polar surface area (TPSA) is 36.4 Å². The molecule has 0 spiro atoms. The van der Waals surface area contributed by atoms with E-state index in [4.69, 9.17) is 5.11 Å². The summed E-state index contributed by atoms with van der Waals surface area (Å²) in [5.41, 5.74) is 1.35. The molecule has 1 N–H and O–H groups in total. The molecular formula is C12H12BrFN2OS. The first kappa shape index (κ1) is 13.5. The fraction of sp³-hybridized carbons (Fsp3) is 0.250. The van der Waals surface area contributed by atoms with Crippen LogP contribution in [0.15, 0.2) is 27.5 Å². The Bertz CT molecular complexity index is 547. The Kier molecular flexibility index (Phi) is 4.31. The maximum atomic E-state index is 14.0. The minimum Gasteiger partial charge on any atom is -0.392 e. The van der Waals surface area contributed by atoms with Gasteiger partial charge in [-0.3, -0.25) is 0 Å². The summed E-state index contributed by atoms with van der Waals surface area (Å²) >= 11 is 4.98. The smallest absolute Gasteiger partial charge is 0.171 e. The van der Waals surface area contributed by atoms with Crippen LogP contribution >= 0.6 is 27.3 Å². The van der Waals surface area contributed by atoms with E-state index in [1.54, 1.807) is 23.3 Å². The SMILES string of the molecule is CN(Cc1csc(Br)c1)c1nccc(CO)c1F. The fourth-order valence-electron chi connectivity index (χ4n) is 1.64. The molecule has 18 heavy (non-hydrogen) atoms. The van der Waals surface area contributed by atoms with Crippen LogP contribution in [0.5, 0.6) is 0 Å². The van der Waals surface area contributed by atoms with Crippen LogP contribution in [0, 0.1) is 5.82 Å². The molecule has 0 amide bonds. The molecule has 3 nitrogen and oxygen atoms in total. The number of aromatic nitrogens is 1. The molecule has 2 aromatic heterocycles. The summed E-state index contributed by atoms with van der Waals surface area (Å²) in [6, 6.07) is 3.48. The van der Waals surface area contributed by atoms with Gasteiger partial charge in [0.2, 0.25) is 0 Å². The van der Waals surface area contributed by atoms with Gasteiger partial charge in [-0.2, -0.15) is 0 Å². The summed E-state index contributed by atoms with van der Waals surface area (Å²) < 4.78 is 15.0. The molecule has 2 rings (SSSR count). The van der Waals surface area contributed by atoms with Crippen molar-refractivity contribution in [3.63, 3.8) is 0 Å². The van der Waals surface area contributed by atoms with E-state index in [2.05, 4.69) is 20.9 Å². The van der Waals surface area contributed by atoms with Crippen molar-refractivity contribution in [1.29, 1.82) is 0 Å². The molecule has 0 radical (unpaired) electrons. The molecule has 6 heteroatoms. The van der Waals surface area contributed by atoms with Gasteiger partial charge < -0.3 is 10.0 Å². The highest BCUT2D eigenvalue weighted by Crippen LogP contribution is 2.24. The lowest BCUT2D eigenvalue weighted by atomic mass is 10.2. The van der Waals surface area contributed by atoms with Gasteiger partial charge in [0, 0.05) is 25.4 Å². The number of nitrogens with zero attached hydrogens (tertiary/aromatic N) is 2. The molecule has 0 saturated carbocycles. The summed E-state index contributed by atoms with van der Waals surface area (Å²) in [6.45, 7) is 0.250. The Balaban J connectivity index is 2.21. The van der Waals surface area contributed by atoms with Gasteiger partial charge in [-0.1, -0.05) is 0 Å². The first-order valence-corrected chi connectivity index (χ1v) is 6.97. The van der Waals surface area contributed by atoms with Crippen LogP contribution in [0.1, 0.15) is 11.1 Å². The van der Waals surface area contributed by atoms with Crippen LogP contribution in [-0.4, -0.2) is 17.1 Å². The highest BCUT2D eigenvalue weighted by Gasteiger charge is 2.13. The highest BCUT2D eigenvalue weighted by molar-refractivity contribution is 9.11. The van der Waals surface area contributed by atoms with Crippen LogP contribution in [0.4, 0.5) is 10.2 Å². The third kappa shape index (κ3) is 2.88. The monoisotopic (exact) mass is 330 g/mol. The van der Waals surface area contributed by atoms with Crippen molar-refractivity contribution >= 4 is 33.1 Å². The minimum atomic E-state index is -0.461. The van der Waals surface area contributed by atoms with Gasteiger partial charge in [-0.15, -0.1) is 11.3 Å². The van der Waals surface area contributed by atoms with Gasteiger partial charge in [0.05, 0.1) is 10.4 Å². The predicted octanol–water partition coefficient (Wildman–Crippen LogP) is 3.17. The average Bonchev–Trinajstić information content (AvgIpc) is 2.75. The summed E-state index contributed by atoms with van der Waals surface area (Å²) in [5.74, 6) is -0.208. The predicted molar refractivity (Wildman–Crippen MR) is 74.2 cm³/mol. The Labute approximate surface area is 117 Å². The highest BCUT2D eigenvalue weighted by atomic mass is 79.9. The standard InChI is InChI=1S/C12H12BrFN2OS/c1-16(5-8-4-10(13)18-7-8)12-11(14)9(6-17)2-3-15-12/h2-4,7,17H,5-6H2,1H3. The summed E-state index contributed by atoms with van der Waals surface area (Å²) in [6.07, 6.45) is 1.50. The molecule has 0 fully saturated rings. The van der Waals surface area contributed by atoms with E-state index in [0.717, 1.165) is 9.35 Å². The first-order valence-electron chi connectivity index (χ1n) is 5.30. The largest absolute Gasteiger partial charge is 0.392 e. The quantitative estimate of drug-likeness (QED) is 0.935. The molecule has 0 atom stereocenters. The molecule has 0 unspecified atom stereocenters. The number of halogens is 2. The number of anilines is 1. The second kappa shape index (κ2) is 5.77. The zero-order valence-electron chi connectivity index (χ0n) is 9.73. The Morgan fingerprint density at radius 1 is 1.56 bits per heavy atom. The third-order valence-corrected chi connectivity index (χ3v) is 4.08. The van der Waals surface area contributed by atoms with Crippen molar-refractivity contribution in [2.45, 2.75) is 13.2 Å². The number of pyridine rings is 1. The third-order valence-electron chi connectivity index (χ3n) is 2.52. The van der Waals surface area contributed by atoms with E-state index in [0.29, 0.717) is 6.54 Å². The van der Waals surface area contributed by atoms with Crippen molar-refractivity contribution in [3.05, 3.63) is 44.4 Å². The molecule has 2 aromatic rings. The van der Waals surface area contributed by atoms with Crippen molar-refractivity contribution < 1.29 is 9.50 Å². The van der Waals surface area contributed by atoms with Crippen molar-refractivity contribution in [3.8, 4) is 0 Å². The van der Waals surface area contributed by atoms with Crippen LogP contribution in [0.2, 0.25) is 0 Å². The van der Waals surface area contributed by atoms with Gasteiger partial charge in [0.25, 0.3) is 0 Å². The number of aliphatic hydroxyl groups is 1. The van der Waals surface area contributed by atoms with E-state index < -0.39 is 5.82 Å². The molecule has 0 aliphatic heterocycles. The minimum absolute atomic E-state index is 0.254. The van der Waals surface area contributed by atoms with Crippen molar-refractivity contribution in [2.75, 3.05) is 11.9 Å². The Morgan fingerprint density at radius 2 is 2.33 bits per heavy atom. The van der Waals surface area contributed by atoms with Crippen LogP contribution in [0.25, 0.3) is 0 Å². The zero-order chi connectivity index (χ0) is 13.1. The maximum Gasteiger partial charge on any atom is 0.171 e. The second-order valence-electron chi connectivity index (χ2n) is 3.88. The van der Waals surface area contributed by atoms with Gasteiger partial charge in [0.15, 0.2) is 11.6 Å². The van der Waals surface area contributed by atoms with Crippen LogP contribution in [-0.2, 0) is 13.2 Å². The average molecular weight is 331 g/mol. The van der Waals surface area contributed by atoms with Gasteiger partial charge in [-0.25, -0.2) is 9.37 Å². The summed E-state index contributed by atoms with van der Waals surface area (Å²) in [4.78, 5) is 5.75. The van der Waals surface area contributed by atoms with E-state index in [1.807, 2.05) is 11.4 Å². The van der Waals surface area contributed by atoms with E-state index >= 15 is 0 Å². The number of thiophene rings is 1. The lowest BCUT2D eigenvalue weighted by molar-refractivity contribution is 0.275. The number of hydrogen-bond donors (Lipinski definition) is 1. The van der Waals surface area contributed by atoms with E-state index in [-0.39, 0.29) is 18.0 Å². The number of aliphatic hydroxyl groups excluding tert-OH is 1. The lowest BCUT2D eigenvalue weighted by Crippen LogP contribution is -2.19. The Hall–Kier alpha value is -0.980. The fourth-order valence-corrected chi connectivity index (χ4v) is 2.84. The van der Waals surface area contributed by atoms with E-state index in [1.165, 1.54) is 12.3 Å². The summed E-state index contributed by atoms with van der Waals surface area (Å²) in [7, 11) is 1.78. The van der Waals surface area contributed by atoms with Crippen LogP contribution < -0.4 is 4.90 Å². The molecule has 0 aliphatic rings. The lowest BCUT2D eigenvalue weighted by Gasteiger charge is -2.18. The molecule has 0 aromatic carbocycles. The molecule has 0 bridgehead atoms. The van der Waals surface area contributed by atoms with Gasteiger partial charge >= 0.3 is 0 Å². The first-order chi connectivity index (χ1) is 8.61. The van der Waals surface area contributed by atoms with Gasteiger partial charge in [0.1, 0.15) is 0 Å². The van der Waals surface area contributed by atoms with Gasteiger partial charge in [-0.05, 0) is 39.0 Å². The normalized spacial score (nSPS) is 10.7.